The van der Waals surface area contributed by atoms with Gasteiger partial charge in [-0.3, -0.25) is 4.99 Å². The Morgan fingerprint density at radius 2 is 2.00 bits per heavy atom. The van der Waals surface area contributed by atoms with Crippen molar-refractivity contribution in [3.05, 3.63) is 23.8 Å². The van der Waals surface area contributed by atoms with Crippen LogP contribution in [-0.4, -0.2) is 11.8 Å². The molecule has 2 nitrogen and oxygen atoms in total. The van der Waals surface area contributed by atoms with E-state index < -0.39 is 11.7 Å². The minimum atomic E-state index is -4.36. The van der Waals surface area contributed by atoms with Crippen molar-refractivity contribution >= 4 is 17.1 Å². The molecule has 1 aliphatic rings. The lowest BCUT2D eigenvalue weighted by molar-refractivity contribution is -0.137. The number of halogens is 3. The number of benzene rings is 1. The van der Waals surface area contributed by atoms with E-state index in [2.05, 4.69) is 10.3 Å². The summed E-state index contributed by atoms with van der Waals surface area (Å²) in [7, 11) is 0. The number of fused-ring (bicyclic) bond motifs is 1. The van der Waals surface area contributed by atoms with Gasteiger partial charge in [-0.2, -0.15) is 13.2 Å². The molecule has 0 aliphatic carbocycles. The van der Waals surface area contributed by atoms with Crippen molar-refractivity contribution < 1.29 is 13.2 Å². The molecule has 1 aliphatic heterocycles. The molecule has 2 rings (SSSR count). The molecule has 0 aromatic heterocycles. The maximum atomic E-state index is 12.7. The highest BCUT2D eigenvalue weighted by Crippen LogP contribution is 2.42. The molecule has 0 saturated heterocycles. The van der Waals surface area contributed by atoms with Crippen LogP contribution in [-0.2, 0) is 6.18 Å². The van der Waals surface area contributed by atoms with E-state index in [0.29, 0.717) is 11.4 Å². The van der Waals surface area contributed by atoms with E-state index in [0.717, 1.165) is 6.07 Å². The van der Waals surface area contributed by atoms with Gasteiger partial charge in [0.2, 0.25) is 0 Å². The van der Waals surface area contributed by atoms with Gasteiger partial charge in [-0.1, -0.05) is 6.07 Å². The molecule has 1 heterocycles. The number of alkyl halides is 3. The Morgan fingerprint density at radius 1 is 1.31 bits per heavy atom. The lowest BCUT2D eigenvalue weighted by Crippen LogP contribution is -2.27. The number of nitrogens with one attached hydrogen (secondary N) is 1. The smallest absolute Gasteiger partial charge is 0.376 e. The van der Waals surface area contributed by atoms with Crippen molar-refractivity contribution in [3.63, 3.8) is 0 Å². The molecule has 0 radical (unpaired) electrons. The second-order valence-corrected chi connectivity index (χ2v) is 3.82. The highest BCUT2D eigenvalue weighted by atomic mass is 19.4. The third-order valence-corrected chi connectivity index (χ3v) is 2.63. The van der Waals surface area contributed by atoms with Gasteiger partial charge in [-0.05, 0) is 26.0 Å². The van der Waals surface area contributed by atoms with Gasteiger partial charge in [0, 0.05) is 5.71 Å². The van der Waals surface area contributed by atoms with Crippen LogP contribution >= 0.6 is 0 Å². The summed E-state index contributed by atoms with van der Waals surface area (Å²) in [6.45, 7) is 3.58. The Kier molecular flexibility index (Phi) is 2.40. The molecule has 1 aromatic rings. The summed E-state index contributed by atoms with van der Waals surface area (Å²) in [5.41, 5.74) is 0.395. The number of anilines is 1. The SMILES string of the molecule is CC1=Nc2c(cccc2C(F)(F)F)NC1C. The lowest BCUT2D eigenvalue weighted by Gasteiger charge is -2.24. The normalized spacial score (nSPS) is 19.8. The minimum absolute atomic E-state index is 0.00870. The van der Waals surface area contributed by atoms with Gasteiger partial charge in [0.1, 0.15) is 0 Å². The average Bonchev–Trinajstić information content (AvgIpc) is 2.17. The van der Waals surface area contributed by atoms with Gasteiger partial charge in [0.25, 0.3) is 0 Å². The van der Waals surface area contributed by atoms with Crippen molar-refractivity contribution in [2.75, 3.05) is 5.32 Å². The number of rotatable bonds is 0. The molecule has 16 heavy (non-hydrogen) atoms. The zero-order chi connectivity index (χ0) is 11.9. The van der Waals surface area contributed by atoms with Gasteiger partial charge in [-0.15, -0.1) is 0 Å². The molecule has 0 fully saturated rings. The number of nitrogens with zero attached hydrogens (tertiary/aromatic N) is 1. The maximum absolute atomic E-state index is 12.7. The minimum Gasteiger partial charge on any atom is -0.376 e. The molecule has 0 saturated carbocycles. The van der Waals surface area contributed by atoms with Crippen LogP contribution in [0.15, 0.2) is 23.2 Å². The van der Waals surface area contributed by atoms with Crippen LogP contribution in [0, 0.1) is 0 Å². The highest BCUT2D eigenvalue weighted by Gasteiger charge is 2.35. The van der Waals surface area contributed by atoms with Crippen molar-refractivity contribution in [3.8, 4) is 0 Å². The Morgan fingerprint density at radius 3 is 2.62 bits per heavy atom. The molecule has 0 amide bonds. The van der Waals surface area contributed by atoms with E-state index in [-0.39, 0.29) is 11.7 Å². The predicted octanol–water partition coefficient (Wildman–Crippen LogP) is 3.61. The predicted molar refractivity (Wildman–Crippen MR) is 57.3 cm³/mol. The quantitative estimate of drug-likeness (QED) is 0.720. The van der Waals surface area contributed by atoms with E-state index >= 15 is 0 Å². The first-order valence-corrected chi connectivity index (χ1v) is 4.91. The topological polar surface area (TPSA) is 24.4 Å². The van der Waals surface area contributed by atoms with Crippen molar-refractivity contribution in [2.45, 2.75) is 26.1 Å². The summed E-state index contributed by atoms with van der Waals surface area (Å²) in [6.07, 6.45) is -4.36. The molecule has 0 bridgehead atoms. The number of hydrogen-bond donors (Lipinski definition) is 1. The summed E-state index contributed by atoms with van der Waals surface area (Å²) in [6, 6.07) is 4.01. The standard InChI is InChI=1S/C11H11F3N2/c1-6-7(2)16-10-8(11(12,13)14)4-3-5-9(10)15-6/h3-6,15H,1-2H3. The van der Waals surface area contributed by atoms with Crippen LogP contribution in [0.2, 0.25) is 0 Å². The van der Waals surface area contributed by atoms with E-state index in [9.17, 15) is 13.2 Å². The molecule has 1 unspecified atom stereocenters. The molecule has 0 spiro atoms. The molecule has 86 valence electrons. The Hall–Kier alpha value is -1.52. The van der Waals surface area contributed by atoms with Crippen LogP contribution in [0.1, 0.15) is 19.4 Å². The first kappa shape index (κ1) is 11.0. The van der Waals surface area contributed by atoms with Crippen LogP contribution < -0.4 is 5.32 Å². The van der Waals surface area contributed by atoms with Gasteiger partial charge in [-0.25, -0.2) is 0 Å². The third-order valence-electron chi connectivity index (χ3n) is 2.63. The van der Waals surface area contributed by atoms with Crippen LogP contribution in [0.25, 0.3) is 0 Å². The van der Waals surface area contributed by atoms with Gasteiger partial charge in [0.05, 0.1) is 23.0 Å². The average molecular weight is 228 g/mol. The molecule has 1 N–H and O–H groups in total. The third kappa shape index (κ3) is 1.77. The Labute approximate surface area is 91.2 Å². The summed E-state index contributed by atoms with van der Waals surface area (Å²) >= 11 is 0. The lowest BCUT2D eigenvalue weighted by atomic mass is 10.1. The van der Waals surface area contributed by atoms with Gasteiger partial charge < -0.3 is 5.32 Å². The van der Waals surface area contributed by atoms with Crippen molar-refractivity contribution in [1.29, 1.82) is 0 Å². The zero-order valence-electron chi connectivity index (χ0n) is 8.89. The largest absolute Gasteiger partial charge is 0.418 e. The zero-order valence-corrected chi connectivity index (χ0v) is 8.89. The summed E-state index contributed by atoms with van der Waals surface area (Å²) in [4.78, 5) is 4.03. The number of aliphatic imine (C=N–C) groups is 1. The molecule has 5 heteroatoms. The molecule has 1 aromatic carbocycles. The summed E-state index contributed by atoms with van der Waals surface area (Å²) in [5, 5.41) is 2.99. The Balaban J connectivity index is 2.60. The second-order valence-electron chi connectivity index (χ2n) is 3.82. The van der Waals surface area contributed by atoms with E-state index in [4.69, 9.17) is 0 Å². The monoisotopic (exact) mass is 228 g/mol. The molecular formula is C11H11F3N2. The van der Waals surface area contributed by atoms with Crippen molar-refractivity contribution in [2.24, 2.45) is 4.99 Å². The van der Waals surface area contributed by atoms with E-state index in [1.807, 2.05) is 6.92 Å². The van der Waals surface area contributed by atoms with Crippen LogP contribution in [0.4, 0.5) is 24.5 Å². The van der Waals surface area contributed by atoms with Gasteiger partial charge >= 0.3 is 6.18 Å². The van der Waals surface area contributed by atoms with Gasteiger partial charge in [0.15, 0.2) is 0 Å². The fourth-order valence-corrected chi connectivity index (χ4v) is 1.62. The maximum Gasteiger partial charge on any atom is 0.418 e. The second kappa shape index (κ2) is 3.50. The van der Waals surface area contributed by atoms with E-state index in [1.54, 1.807) is 13.0 Å². The number of para-hydroxylation sites is 1. The Bertz CT molecular complexity index is 449. The first-order valence-electron chi connectivity index (χ1n) is 4.91. The summed E-state index contributed by atoms with van der Waals surface area (Å²) < 4.78 is 38.1. The fourth-order valence-electron chi connectivity index (χ4n) is 1.62. The van der Waals surface area contributed by atoms with E-state index in [1.165, 1.54) is 6.07 Å². The highest BCUT2D eigenvalue weighted by molar-refractivity contribution is 5.96. The fraction of sp³-hybridized carbons (Fsp3) is 0.364. The van der Waals surface area contributed by atoms with Crippen molar-refractivity contribution in [1.82, 2.24) is 0 Å². The molecular weight excluding hydrogens is 217 g/mol. The summed E-state index contributed by atoms with van der Waals surface area (Å²) in [5.74, 6) is 0. The number of hydrogen-bond acceptors (Lipinski definition) is 2. The van der Waals surface area contributed by atoms with Crippen LogP contribution in [0.3, 0.4) is 0 Å². The van der Waals surface area contributed by atoms with Crippen LogP contribution in [0.5, 0.6) is 0 Å². The molecule has 1 atom stereocenters. The first-order chi connectivity index (χ1) is 7.39.